The third kappa shape index (κ3) is 5.18. The molecular formula is C45H29N3. The average Bonchev–Trinajstić information content (AvgIpc) is 3.17. The van der Waals surface area contributed by atoms with Crippen LogP contribution in [0.25, 0.3) is 88.7 Å². The highest BCUT2D eigenvalue weighted by Crippen LogP contribution is 2.33. The van der Waals surface area contributed by atoms with E-state index < -0.39 is 0 Å². The lowest BCUT2D eigenvalue weighted by Crippen LogP contribution is -2.00. The zero-order valence-electron chi connectivity index (χ0n) is 26.1. The van der Waals surface area contributed by atoms with Crippen molar-refractivity contribution in [3.05, 3.63) is 176 Å². The van der Waals surface area contributed by atoms with Crippen molar-refractivity contribution in [2.75, 3.05) is 0 Å². The maximum atomic E-state index is 5.07. The molecule has 0 saturated carbocycles. The lowest BCUT2D eigenvalue weighted by molar-refractivity contribution is 1.08. The summed E-state index contributed by atoms with van der Waals surface area (Å²) in [7, 11) is 0. The lowest BCUT2D eigenvalue weighted by atomic mass is 9.97. The molecule has 48 heavy (non-hydrogen) atoms. The number of fused-ring (bicyclic) bond motifs is 3. The van der Waals surface area contributed by atoms with Crippen molar-refractivity contribution in [2.24, 2.45) is 0 Å². The smallest absolute Gasteiger partial charge is 0.164 e. The van der Waals surface area contributed by atoms with Gasteiger partial charge in [0.15, 0.2) is 17.5 Å². The molecule has 0 aliphatic carbocycles. The summed E-state index contributed by atoms with van der Waals surface area (Å²) in [5.74, 6) is 1.96. The van der Waals surface area contributed by atoms with Gasteiger partial charge in [-0.1, -0.05) is 158 Å². The van der Waals surface area contributed by atoms with Crippen LogP contribution in [0.3, 0.4) is 0 Å². The quantitative estimate of drug-likeness (QED) is 0.194. The van der Waals surface area contributed by atoms with Crippen LogP contribution in [0, 0.1) is 0 Å². The fourth-order valence-corrected chi connectivity index (χ4v) is 6.55. The largest absolute Gasteiger partial charge is 0.208 e. The van der Waals surface area contributed by atoms with Crippen LogP contribution in [-0.4, -0.2) is 15.0 Å². The summed E-state index contributed by atoms with van der Waals surface area (Å²) < 4.78 is 0. The van der Waals surface area contributed by atoms with E-state index in [1.165, 1.54) is 32.8 Å². The molecule has 9 aromatic rings. The first-order valence-corrected chi connectivity index (χ1v) is 16.2. The summed E-state index contributed by atoms with van der Waals surface area (Å²) in [5.41, 5.74) is 7.66. The molecule has 0 aliphatic heterocycles. The Morgan fingerprint density at radius 2 is 0.708 bits per heavy atom. The molecular weight excluding hydrogens is 583 g/mol. The zero-order valence-corrected chi connectivity index (χ0v) is 26.1. The monoisotopic (exact) mass is 611 g/mol. The third-order valence-electron chi connectivity index (χ3n) is 9.10. The molecule has 8 aromatic carbocycles. The van der Waals surface area contributed by atoms with E-state index in [4.69, 9.17) is 15.0 Å². The Morgan fingerprint density at radius 1 is 0.250 bits per heavy atom. The molecule has 0 aliphatic rings. The Bertz CT molecular complexity index is 2600. The van der Waals surface area contributed by atoms with Gasteiger partial charge in [0.1, 0.15) is 0 Å². The standard InChI is InChI=1S/C45H29N3/c1-2-9-30(10-3-1)36-22-24-39-28-37(23-25-38(39)27-36)32-17-20-34(21-18-32)43-46-44(40-26-19-31-11-4-5-13-35(31)29-40)48-45(47-43)42-16-8-14-33-12-6-7-15-41(33)42/h1-29H. The number of hydrogen-bond acceptors (Lipinski definition) is 3. The van der Waals surface area contributed by atoms with Gasteiger partial charge >= 0.3 is 0 Å². The Kier molecular flexibility index (Phi) is 6.80. The Balaban J connectivity index is 1.12. The minimum Gasteiger partial charge on any atom is -0.208 e. The predicted molar refractivity (Wildman–Crippen MR) is 200 cm³/mol. The highest BCUT2D eigenvalue weighted by atomic mass is 15.0. The first-order valence-electron chi connectivity index (χ1n) is 16.2. The van der Waals surface area contributed by atoms with Gasteiger partial charge < -0.3 is 0 Å². The lowest BCUT2D eigenvalue weighted by Gasteiger charge is -2.11. The molecule has 0 amide bonds. The summed E-state index contributed by atoms with van der Waals surface area (Å²) in [6.07, 6.45) is 0. The fourth-order valence-electron chi connectivity index (χ4n) is 6.55. The summed E-state index contributed by atoms with van der Waals surface area (Å²) >= 11 is 0. The molecule has 0 spiro atoms. The SMILES string of the molecule is c1ccc(-c2ccc3cc(-c4ccc(-c5nc(-c6ccc7ccccc7c6)nc(-c6cccc7ccccc67)n5)cc4)ccc3c2)cc1. The Hall–Kier alpha value is -6.45. The first-order chi connectivity index (χ1) is 23.7. The van der Waals surface area contributed by atoms with Crippen LogP contribution in [-0.2, 0) is 0 Å². The van der Waals surface area contributed by atoms with Crippen LogP contribution in [0.5, 0.6) is 0 Å². The van der Waals surface area contributed by atoms with Crippen LogP contribution >= 0.6 is 0 Å². The zero-order chi connectivity index (χ0) is 31.9. The van der Waals surface area contributed by atoms with E-state index in [1.54, 1.807) is 0 Å². The van der Waals surface area contributed by atoms with Gasteiger partial charge in [0.2, 0.25) is 0 Å². The maximum Gasteiger partial charge on any atom is 0.164 e. The van der Waals surface area contributed by atoms with Crippen molar-refractivity contribution in [3.63, 3.8) is 0 Å². The van der Waals surface area contributed by atoms with E-state index in [-0.39, 0.29) is 0 Å². The first kappa shape index (κ1) is 27.8. The normalized spacial score (nSPS) is 11.3. The number of rotatable bonds is 5. The van der Waals surface area contributed by atoms with Gasteiger partial charge in [0.05, 0.1) is 0 Å². The third-order valence-corrected chi connectivity index (χ3v) is 9.10. The predicted octanol–water partition coefficient (Wildman–Crippen LogP) is 11.7. The molecule has 0 bridgehead atoms. The molecule has 9 rings (SSSR count). The van der Waals surface area contributed by atoms with Gasteiger partial charge in [0, 0.05) is 16.7 Å². The molecule has 3 heteroatoms. The second kappa shape index (κ2) is 11.7. The molecule has 0 radical (unpaired) electrons. The van der Waals surface area contributed by atoms with Crippen molar-refractivity contribution in [1.82, 2.24) is 15.0 Å². The maximum absolute atomic E-state index is 5.07. The molecule has 0 N–H and O–H groups in total. The molecule has 1 heterocycles. The van der Waals surface area contributed by atoms with Gasteiger partial charge in [-0.25, -0.2) is 15.0 Å². The fraction of sp³-hybridized carbons (Fsp3) is 0. The van der Waals surface area contributed by atoms with Crippen LogP contribution in [0.4, 0.5) is 0 Å². The molecule has 0 unspecified atom stereocenters. The van der Waals surface area contributed by atoms with Crippen LogP contribution in [0.2, 0.25) is 0 Å². The van der Waals surface area contributed by atoms with Gasteiger partial charge in [-0.2, -0.15) is 0 Å². The highest BCUT2D eigenvalue weighted by Gasteiger charge is 2.15. The molecule has 224 valence electrons. The summed E-state index contributed by atoms with van der Waals surface area (Å²) in [5, 5.41) is 7.05. The molecule has 1 aromatic heterocycles. The highest BCUT2D eigenvalue weighted by molar-refractivity contribution is 5.96. The van der Waals surface area contributed by atoms with E-state index in [0.717, 1.165) is 38.4 Å². The van der Waals surface area contributed by atoms with Gasteiger partial charge in [-0.05, 0) is 72.8 Å². The van der Waals surface area contributed by atoms with E-state index >= 15 is 0 Å². The van der Waals surface area contributed by atoms with Crippen LogP contribution < -0.4 is 0 Å². The van der Waals surface area contributed by atoms with Crippen LogP contribution in [0.15, 0.2) is 176 Å². The summed E-state index contributed by atoms with van der Waals surface area (Å²) in [6, 6.07) is 61.8. The van der Waals surface area contributed by atoms with Gasteiger partial charge in [-0.3, -0.25) is 0 Å². The van der Waals surface area contributed by atoms with Crippen molar-refractivity contribution >= 4 is 32.3 Å². The second-order valence-electron chi connectivity index (χ2n) is 12.1. The van der Waals surface area contributed by atoms with Crippen molar-refractivity contribution in [2.45, 2.75) is 0 Å². The van der Waals surface area contributed by atoms with Crippen LogP contribution in [0.1, 0.15) is 0 Å². The second-order valence-corrected chi connectivity index (χ2v) is 12.1. The minimum absolute atomic E-state index is 0.648. The molecule has 3 nitrogen and oxygen atoms in total. The molecule has 0 fully saturated rings. The topological polar surface area (TPSA) is 38.7 Å². The number of benzene rings is 8. The Labute approximate surface area is 278 Å². The van der Waals surface area contributed by atoms with E-state index in [2.05, 4.69) is 176 Å². The molecule has 0 saturated heterocycles. The van der Waals surface area contributed by atoms with Crippen molar-refractivity contribution in [1.29, 1.82) is 0 Å². The van der Waals surface area contributed by atoms with E-state index in [1.807, 2.05) is 0 Å². The van der Waals surface area contributed by atoms with E-state index in [9.17, 15) is 0 Å². The van der Waals surface area contributed by atoms with Crippen molar-refractivity contribution < 1.29 is 0 Å². The van der Waals surface area contributed by atoms with Gasteiger partial charge in [-0.15, -0.1) is 0 Å². The van der Waals surface area contributed by atoms with Crippen molar-refractivity contribution in [3.8, 4) is 56.4 Å². The minimum atomic E-state index is 0.648. The van der Waals surface area contributed by atoms with Gasteiger partial charge in [0.25, 0.3) is 0 Å². The average molecular weight is 612 g/mol. The number of nitrogens with zero attached hydrogens (tertiary/aromatic N) is 3. The Morgan fingerprint density at radius 3 is 1.46 bits per heavy atom. The number of hydrogen-bond donors (Lipinski definition) is 0. The van der Waals surface area contributed by atoms with E-state index in [0.29, 0.717) is 17.5 Å². The number of aromatic nitrogens is 3. The summed E-state index contributed by atoms with van der Waals surface area (Å²) in [6.45, 7) is 0. The molecule has 0 atom stereocenters. The summed E-state index contributed by atoms with van der Waals surface area (Å²) in [4.78, 5) is 15.2.